The van der Waals surface area contributed by atoms with Crippen molar-refractivity contribution in [1.29, 1.82) is 5.26 Å². The van der Waals surface area contributed by atoms with Gasteiger partial charge in [0, 0.05) is 17.1 Å². The van der Waals surface area contributed by atoms with Crippen molar-refractivity contribution in [3.8, 4) is 17.3 Å². The number of carbonyl (C=O) groups excluding carboxylic acids is 1. The Kier molecular flexibility index (Phi) is 10.1. The van der Waals surface area contributed by atoms with Gasteiger partial charge < -0.3 is 10.1 Å². The first-order valence-corrected chi connectivity index (χ1v) is 13.1. The van der Waals surface area contributed by atoms with E-state index in [-0.39, 0.29) is 5.97 Å². The molecule has 0 atom stereocenters. The third kappa shape index (κ3) is 7.80. The Balaban J connectivity index is 1.69. The predicted octanol–water partition coefficient (Wildman–Crippen LogP) is 7.72. The molecule has 0 unspecified atom stereocenters. The Morgan fingerprint density at radius 2 is 1.91 bits per heavy atom. The zero-order chi connectivity index (χ0) is 25.0. The minimum absolute atomic E-state index is 0.367. The van der Waals surface area contributed by atoms with Gasteiger partial charge in [-0.2, -0.15) is 5.26 Å². The first-order chi connectivity index (χ1) is 17.0. The molecule has 182 valence electrons. The van der Waals surface area contributed by atoms with Gasteiger partial charge in [0.25, 0.3) is 0 Å². The van der Waals surface area contributed by atoms with Gasteiger partial charge in [-0.3, -0.25) is 0 Å². The van der Waals surface area contributed by atoms with Gasteiger partial charge in [0.1, 0.15) is 16.6 Å². The van der Waals surface area contributed by atoms with Crippen LogP contribution >= 0.6 is 11.3 Å². The summed E-state index contributed by atoms with van der Waals surface area (Å²) in [6.07, 6.45) is 6.83. The lowest BCUT2D eigenvalue weighted by Crippen LogP contribution is -2.09. The molecule has 0 aliphatic heterocycles. The maximum absolute atomic E-state index is 12.6. The summed E-state index contributed by atoms with van der Waals surface area (Å²) >= 11 is 1.42. The molecule has 0 fully saturated rings. The lowest BCUT2D eigenvalue weighted by atomic mass is 10.0. The monoisotopic (exact) mass is 487 g/mol. The van der Waals surface area contributed by atoms with Gasteiger partial charge in [-0.25, -0.2) is 9.78 Å². The van der Waals surface area contributed by atoms with Crippen LogP contribution in [0.1, 0.15) is 67.4 Å². The van der Waals surface area contributed by atoms with Gasteiger partial charge in [-0.15, -0.1) is 11.3 Å². The van der Waals surface area contributed by atoms with Crippen molar-refractivity contribution in [1.82, 2.24) is 4.98 Å². The van der Waals surface area contributed by atoms with Crippen molar-refractivity contribution in [3.63, 3.8) is 0 Å². The van der Waals surface area contributed by atoms with Crippen LogP contribution in [0.5, 0.6) is 0 Å². The number of hydrogen-bond acceptors (Lipinski definition) is 6. The number of para-hydroxylation sites is 1. The van der Waals surface area contributed by atoms with Crippen molar-refractivity contribution in [2.45, 2.75) is 52.9 Å². The first kappa shape index (κ1) is 26.2. The molecule has 0 aliphatic rings. The van der Waals surface area contributed by atoms with Crippen LogP contribution in [0.2, 0.25) is 0 Å². The normalized spacial score (nSPS) is 11.3. The minimum atomic E-state index is -0.367. The van der Waals surface area contributed by atoms with E-state index in [1.807, 2.05) is 11.4 Å². The quantitative estimate of drug-likeness (QED) is 0.161. The molecule has 0 saturated carbocycles. The molecule has 0 bridgehead atoms. The second-order valence-electron chi connectivity index (χ2n) is 8.89. The predicted molar refractivity (Wildman–Crippen MR) is 144 cm³/mol. The van der Waals surface area contributed by atoms with Crippen LogP contribution in [-0.2, 0) is 11.2 Å². The third-order valence-electron chi connectivity index (χ3n) is 5.50. The van der Waals surface area contributed by atoms with Crippen LogP contribution in [0.3, 0.4) is 0 Å². The van der Waals surface area contributed by atoms with E-state index < -0.39 is 0 Å². The summed E-state index contributed by atoms with van der Waals surface area (Å²) in [5.74, 6) is 0.245. The fourth-order valence-electron chi connectivity index (χ4n) is 3.66. The summed E-state index contributed by atoms with van der Waals surface area (Å²) in [4.78, 5) is 17.2. The summed E-state index contributed by atoms with van der Waals surface area (Å²) in [6.45, 7) is 6.97. The number of nitrogens with zero attached hydrogens (tertiary/aromatic N) is 2. The van der Waals surface area contributed by atoms with E-state index in [1.165, 1.54) is 16.9 Å². The Labute approximate surface area is 212 Å². The van der Waals surface area contributed by atoms with Crippen LogP contribution < -0.4 is 5.32 Å². The average molecular weight is 488 g/mol. The van der Waals surface area contributed by atoms with Gasteiger partial charge in [0.05, 0.1) is 23.6 Å². The van der Waals surface area contributed by atoms with Crippen LogP contribution in [-0.4, -0.2) is 17.6 Å². The number of anilines is 1. The van der Waals surface area contributed by atoms with Crippen LogP contribution in [0.15, 0.2) is 60.1 Å². The summed E-state index contributed by atoms with van der Waals surface area (Å²) in [5.41, 5.74) is 4.61. The van der Waals surface area contributed by atoms with E-state index in [4.69, 9.17) is 4.74 Å². The van der Waals surface area contributed by atoms with Gasteiger partial charge in [0.15, 0.2) is 0 Å². The van der Waals surface area contributed by atoms with E-state index in [2.05, 4.69) is 61.4 Å². The Morgan fingerprint density at radius 1 is 1.14 bits per heavy atom. The number of thiazole rings is 1. The smallest absolute Gasteiger partial charge is 0.340 e. The van der Waals surface area contributed by atoms with Crippen molar-refractivity contribution in [2.75, 3.05) is 11.9 Å². The van der Waals surface area contributed by atoms with Crippen LogP contribution in [0, 0.1) is 17.2 Å². The van der Waals surface area contributed by atoms with Gasteiger partial charge >= 0.3 is 5.97 Å². The number of allylic oxidation sites excluding steroid dienone is 1. The zero-order valence-corrected chi connectivity index (χ0v) is 21.5. The molecule has 0 aliphatic carbocycles. The number of ether oxygens (including phenoxy) is 1. The number of nitriles is 1. The van der Waals surface area contributed by atoms with Crippen LogP contribution in [0.4, 0.5) is 5.69 Å². The minimum Gasteiger partial charge on any atom is -0.462 e. The number of esters is 1. The highest BCUT2D eigenvalue weighted by Gasteiger charge is 2.13. The lowest BCUT2D eigenvalue weighted by molar-refractivity contribution is 0.0499. The number of carbonyl (C=O) groups is 1. The molecule has 0 amide bonds. The molecular weight excluding hydrogens is 454 g/mol. The number of unbranched alkanes of at least 4 members (excludes halogenated alkanes) is 3. The largest absolute Gasteiger partial charge is 0.462 e. The van der Waals surface area contributed by atoms with E-state index >= 15 is 0 Å². The fourth-order valence-corrected chi connectivity index (χ4v) is 4.46. The SMILES string of the molecule is CCCCCCOC(=O)c1ccccc1NC=C(C#N)c1nc(-c2ccc(CC(C)C)cc2)cs1. The molecular formula is C29H33N3O2S. The summed E-state index contributed by atoms with van der Waals surface area (Å²) in [6, 6.07) is 17.8. The molecule has 1 heterocycles. The maximum atomic E-state index is 12.6. The molecule has 3 aromatic rings. The summed E-state index contributed by atoms with van der Waals surface area (Å²) in [7, 11) is 0. The Bertz CT molecular complexity index is 1170. The Morgan fingerprint density at radius 3 is 2.63 bits per heavy atom. The second kappa shape index (κ2) is 13.5. The summed E-state index contributed by atoms with van der Waals surface area (Å²) < 4.78 is 5.44. The standard InChI is InChI=1S/C29H33N3O2S/c1-4-5-6-9-16-34-29(33)25-10-7-8-11-26(25)31-19-24(18-30)28-32-27(20-35-28)23-14-12-22(13-15-23)17-21(2)3/h7-8,10-15,19-21,31H,4-6,9,16-17H2,1-3H3. The fraction of sp³-hybridized carbons (Fsp3) is 0.345. The lowest BCUT2D eigenvalue weighted by Gasteiger charge is -2.09. The van der Waals surface area contributed by atoms with E-state index in [0.29, 0.717) is 34.4 Å². The molecule has 0 radical (unpaired) electrons. The average Bonchev–Trinajstić information content (AvgIpc) is 3.34. The molecule has 5 nitrogen and oxygen atoms in total. The number of hydrogen-bond donors (Lipinski definition) is 1. The highest BCUT2D eigenvalue weighted by atomic mass is 32.1. The molecule has 6 heteroatoms. The van der Waals surface area contributed by atoms with E-state index in [9.17, 15) is 10.1 Å². The highest BCUT2D eigenvalue weighted by molar-refractivity contribution is 7.11. The Hall–Kier alpha value is -3.43. The van der Waals surface area contributed by atoms with Gasteiger partial charge in [-0.1, -0.05) is 76.4 Å². The molecule has 0 spiro atoms. The van der Waals surface area contributed by atoms with E-state index in [0.717, 1.165) is 43.4 Å². The van der Waals surface area contributed by atoms with Crippen molar-refractivity contribution < 1.29 is 9.53 Å². The number of benzene rings is 2. The number of aromatic nitrogens is 1. The molecule has 2 aromatic carbocycles. The molecule has 0 saturated heterocycles. The third-order valence-corrected chi connectivity index (χ3v) is 6.37. The van der Waals surface area contributed by atoms with Crippen LogP contribution in [0.25, 0.3) is 16.8 Å². The second-order valence-corrected chi connectivity index (χ2v) is 9.75. The molecule has 3 rings (SSSR count). The first-order valence-electron chi connectivity index (χ1n) is 12.2. The topological polar surface area (TPSA) is 75.0 Å². The number of nitrogens with one attached hydrogen (secondary N) is 1. The number of rotatable bonds is 12. The molecule has 1 aromatic heterocycles. The maximum Gasteiger partial charge on any atom is 0.340 e. The summed E-state index contributed by atoms with van der Waals surface area (Å²) in [5, 5.41) is 15.4. The van der Waals surface area contributed by atoms with Crippen molar-refractivity contribution in [3.05, 3.63) is 76.2 Å². The highest BCUT2D eigenvalue weighted by Crippen LogP contribution is 2.27. The van der Waals surface area contributed by atoms with Gasteiger partial charge in [0.2, 0.25) is 0 Å². The van der Waals surface area contributed by atoms with Crippen molar-refractivity contribution in [2.24, 2.45) is 5.92 Å². The zero-order valence-electron chi connectivity index (χ0n) is 20.7. The molecule has 1 N–H and O–H groups in total. The van der Waals surface area contributed by atoms with Crippen molar-refractivity contribution >= 4 is 28.6 Å². The van der Waals surface area contributed by atoms with Gasteiger partial charge in [-0.05, 0) is 36.5 Å². The van der Waals surface area contributed by atoms with E-state index in [1.54, 1.807) is 24.4 Å². The molecule has 35 heavy (non-hydrogen) atoms.